The van der Waals surface area contributed by atoms with E-state index in [1.807, 2.05) is 0 Å². The molecule has 0 amide bonds. The fourth-order valence-electron chi connectivity index (χ4n) is 0.974. The Balaban J connectivity index is 3.51. The van der Waals surface area contributed by atoms with Crippen LogP contribution in [-0.2, 0) is 9.84 Å². The summed E-state index contributed by atoms with van der Waals surface area (Å²) in [7, 11) is -3.57. The van der Waals surface area contributed by atoms with Crippen molar-refractivity contribution < 1.29 is 18.3 Å². The Labute approximate surface area is 95.2 Å². The highest BCUT2D eigenvalue weighted by Gasteiger charge is 2.22. The average molecular weight is 294 g/mol. The van der Waals surface area contributed by atoms with Gasteiger partial charge in [-0.15, -0.1) is 0 Å². The second-order valence-electron chi connectivity index (χ2n) is 2.71. The Hall–Kier alpha value is -0.950. The topological polar surface area (TPSA) is 84.3 Å². The van der Waals surface area contributed by atoms with Gasteiger partial charge in [-0.05, 0) is 22.0 Å². The Morgan fingerprint density at radius 3 is 2.67 bits per heavy atom. The van der Waals surface area contributed by atoms with Crippen LogP contribution in [0.3, 0.4) is 0 Å². The maximum atomic E-state index is 11.6. The molecule has 1 aromatic rings. The molecular formula is C8H8BrNO4S. The third-order valence-electron chi connectivity index (χ3n) is 1.74. The normalized spacial score (nSPS) is 11.3. The van der Waals surface area contributed by atoms with E-state index in [1.165, 1.54) is 19.2 Å². The van der Waals surface area contributed by atoms with Crippen LogP contribution in [0, 0.1) is 0 Å². The molecule has 0 saturated heterocycles. The molecular weight excluding hydrogens is 286 g/mol. The first-order chi connectivity index (χ1) is 6.88. The molecule has 0 aliphatic rings. The van der Waals surface area contributed by atoms with E-state index < -0.39 is 21.5 Å². The monoisotopic (exact) mass is 293 g/mol. The standard InChI is InChI=1S/C8H8BrNO4S/c1-2-15(13,14)6-3-5(9)4-10-7(6)8(11)12/h3-4H,2H2,1H3,(H,11,12). The van der Waals surface area contributed by atoms with Crippen LogP contribution in [-0.4, -0.2) is 30.2 Å². The van der Waals surface area contributed by atoms with Crippen LogP contribution in [0.4, 0.5) is 0 Å². The molecule has 82 valence electrons. The minimum Gasteiger partial charge on any atom is -0.476 e. The molecule has 1 aromatic heterocycles. The summed E-state index contributed by atoms with van der Waals surface area (Å²) in [6.45, 7) is 1.45. The van der Waals surface area contributed by atoms with Crippen LogP contribution in [0.2, 0.25) is 0 Å². The van der Waals surface area contributed by atoms with Gasteiger partial charge in [0.15, 0.2) is 15.5 Å². The lowest BCUT2D eigenvalue weighted by Crippen LogP contribution is -2.12. The number of nitrogens with zero attached hydrogens (tertiary/aromatic N) is 1. The van der Waals surface area contributed by atoms with E-state index in [1.54, 1.807) is 0 Å². The fourth-order valence-corrected chi connectivity index (χ4v) is 2.51. The number of pyridine rings is 1. The molecule has 1 rings (SSSR count). The lowest BCUT2D eigenvalue weighted by Gasteiger charge is -2.04. The van der Waals surface area contributed by atoms with Gasteiger partial charge in [0.25, 0.3) is 0 Å². The number of rotatable bonds is 3. The summed E-state index contributed by atoms with van der Waals surface area (Å²) >= 11 is 3.05. The van der Waals surface area contributed by atoms with Crippen molar-refractivity contribution in [3.63, 3.8) is 0 Å². The molecule has 0 radical (unpaired) electrons. The third kappa shape index (κ3) is 2.54. The van der Waals surface area contributed by atoms with Crippen molar-refractivity contribution in [2.45, 2.75) is 11.8 Å². The van der Waals surface area contributed by atoms with Crippen molar-refractivity contribution in [3.8, 4) is 0 Å². The molecule has 0 saturated carbocycles. The number of aromatic carboxylic acids is 1. The van der Waals surface area contributed by atoms with Gasteiger partial charge in [-0.2, -0.15) is 0 Å². The Kier molecular flexibility index (Phi) is 3.46. The quantitative estimate of drug-likeness (QED) is 0.909. The molecule has 0 spiro atoms. The van der Waals surface area contributed by atoms with E-state index in [9.17, 15) is 13.2 Å². The smallest absolute Gasteiger partial charge is 0.355 e. The fraction of sp³-hybridized carbons (Fsp3) is 0.250. The largest absolute Gasteiger partial charge is 0.476 e. The SMILES string of the molecule is CCS(=O)(=O)c1cc(Br)cnc1C(=O)O. The van der Waals surface area contributed by atoms with Gasteiger partial charge in [0.05, 0.1) is 5.75 Å². The minimum absolute atomic E-state index is 0.161. The van der Waals surface area contributed by atoms with Crippen molar-refractivity contribution in [2.75, 3.05) is 5.75 Å². The summed E-state index contributed by atoms with van der Waals surface area (Å²) in [6.07, 6.45) is 1.25. The van der Waals surface area contributed by atoms with Crippen LogP contribution >= 0.6 is 15.9 Å². The lowest BCUT2D eigenvalue weighted by molar-refractivity contribution is 0.0686. The van der Waals surface area contributed by atoms with E-state index in [0.29, 0.717) is 4.47 Å². The molecule has 0 bridgehead atoms. The average Bonchev–Trinajstić information content (AvgIpc) is 2.17. The van der Waals surface area contributed by atoms with E-state index in [2.05, 4.69) is 20.9 Å². The van der Waals surface area contributed by atoms with Gasteiger partial charge in [-0.25, -0.2) is 18.2 Å². The minimum atomic E-state index is -3.57. The zero-order chi connectivity index (χ0) is 11.6. The highest BCUT2D eigenvalue weighted by molar-refractivity contribution is 9.10. The molecule has 0 aliphatic heterocycles. The number of aromatic nitrogens is 1. The number of halogens is 1. The van der Waals surface area contributed by atoms with Crippen molar-refractivity contribution in [2.24, 2.45) is 0 Å². The van der Waals surface area contributed by atoms with Crippen molar-refractivity contribution in [3.05, 3.63) is 22.4 Å². The summed E-state index contributed by atoms with van der Waals surface area (Å²) in [5, 5.41) is 8.77. The molecule has 7 heteroatoms. The zero-order valence-corrected chi connectivity index (χ0v) is 10.2. The van der Waals surface area contributed by atoms with Gasteiger partial charge in [0, 0.05) is 10.7 Å². The molecule has 1 heterocycles. The maximum absolute atomic E-state index is 11.6. The predicted molar refractivity (Wildman–Crippen MR) is 56.6 cm³/mol. The van der Waals surface area contributed by atoms with Crippen LogP contribution < -0.4 is 0 Å². The second kappa shape index (κ2) is 4.28. The van der Waals surface area contributed by atoms with Crippen LogP contribution in [0.15, 0.2) is 21.6 Å². The predicted octanol–water partition coefficient (Wildman–Crippen LogP) is 1.34. The molecule has 0 aromatic carbocycles. The first-order valence-electron chi connectivity index (χ1n) is 4.00. The highest BCUT2D eigenvalue weighted by Crippen LogP contribution is 2.20. The van der Waals surface area contributed by atoms with Crippen LogP contribution in [0.1, 0.15) is 17.4 Å². The van der Waals surface area contributed by atoms with E-state index in [-0.39, 0.29) is 10.6 Å². The Bertz CT molecular complexity index is 497. The lowest BCUT2D eigenvalue weighted by atomic mass is 10.3. The number of hydrogen-bond donors (Lipinski definition) is 1. The van der Waals surface area contributed by atoms with Crippen molar-refractivity contribution in [1.82, 2.24) is 4.98 Å². The molecule has 0 unspecified atom stereocenters. The summed E-state index contributed by atoms with van der Waals surface area (Å²) in [5.41, 5.74) is -0.444. The summed E-state index contributed by atoms with van der Waals surface area (Å²) in [5.74, 6) is -1.51. The van der Waals surface area contributed by atoms with Crippen LogP contribution in [0.25, 0.3) is 0 Å². The molecule has 1 N–H and O–H groups in total. The van der Waals surface area contributed by atoms with Gasteiger partial charge in [-0.3, -0.25) is 0 Å². The first-order valence-corrected chi connectivity index (χ1v) is 6.44. The number of carbonyl (C=O) groups is 1. The molecule has 5 nitrogen and oxygen atoms in total. The molecule has 0 aliphatic carbocycles. The second-order valence-corrected chi connectivity index (χ2v) is 5.87. The Morgan fingerprint density at radius 2 is 2.20 bits per heavy atom. The van der Waals surface area contributed by atoms with Gasteiger partial charge in [0.2, 0.25) is 0 Å². The molecule has 15 heavy (non-hydrogen) atoms. The summed E-state index contributed by atoms with van der Waals surface area (Å²) in [4.78, 5) is 14.1. The number of carboxylic acids is 1. The highest BCUT2D eigenvalue weighted by atomic mass is 79.9. The zero-order valence-electron chi connectivity index (χ0n) is 7.77. The van der Waals surface area contributed by atoms with E-state index in [0.717, 1.165) is 0 Å². The van der Waals surface area contributed by atoms with E-state index >= 15 is 0 Å². The Morgan fingerprint density at radius 1 is 1.60 bits per heavy atom. The third-order valence-corrected chi connectivity index (χ3v) is 3.91. The van der Waals surface area contributed by atoms with E-state index in [4.69, 9.17) is 5.11 Å². The van der Waals surface area contributed by atoms with Crippen LogP contribution in [0.5, 0.6) is 0 Å². The van der Waals surface area contributed by atoms with Gasteiger partial charge in [-0.1, -0.05) is 6.92 Å². The van der Waals surface area contributed by atoms with Crippen molar-refractivity contribution >= 4 is 31.7 Å². The maximum Gasteiger partial charge on any atom is 0.355 e. The van der Waals surface area contributed by atoms with Gasteiger partial charge in [0.1, 0.15) is 4.90 Å². The van der Waals surface area contributed by atoms with Gasteiger partial charge >= 0.3 is 5.97 Å². The number of hydrogen-bond acceptors (Lipinski definition) is 4. The molecule has 0 atom stereocenters. The first kappa shape index (κ1) is 12.1. The van der Waals surface area contributed by atoms with Crippen molar-refractivity contribution in [1.29, 1.82) is 0 Å². The summed E-state index contributed by atoms with van der Waals surface area (Å²) < 4.78 is 23.5. The molecule has 0 fully saturated rings. The summed E-state index contributed by atoms with van der Waals surface area (Å²) in [6, 6.07) is 1.25. The van der Waals surface area contributed by atoms with Gasteiger partial charge < -0.3 is 5.11 Å². The number of carboxylic acid groups (broad SMARTS) is 1. The number of sulfone groups is 1.